The first-order valence-electron chi connectivity index (χ1n) is 1.46. The first-order chi connectivity index (χ1) is 4.00. The van der Waals surface area contributed by atoms with E-state index in [2.05, 4.69) is 0 Å². The first-order valence-corrected chi connectivity index (χ1v) is 4.38. The molecule has 0 amide bonds. The van der Waals surface area contributed by atoms with E-state index in [1.807, 2.05) is 0 Å². The second-order valence-electron chi connectivity index (χ2n) is 0.894. The number of hydrogen-bond acceptors (Lipinski definition) is 8. The Kier molecular flexibility index (Phi) is 18.4. The summed E-state index contributed by atoms with van der Waals surface area (Å²) in [5.41, 5.74) is 0. The number of phosphoric acid groups is 2. The maximum absolute atomic E-state index is 8.55. The third-order valence-electron chi connectivity index (χ3n) is 0. The van der Waals surface area contributed by atoms with Crippen molar-refractivity contribution in [3.05, 3.63) is 0 Å². The van der Waals surface area contributed by atoms with Crippen LogP contribution in [0.5, 0.6) is 0 Å². The van der Waals surface area contributed by atoms with Gasteiger partial charge in [-0.05, 0) is 0 Å². The molecule has 0 rings (SSSR count). The van der Waals surface area contributed by atoms with Crippen LogP contribution < -0.4 is 58.9 Å². The molecule has 12 heavy (non-hydrogen) atoms. The fraction of sp³-hybridized carbons (Fsp3) is 0. The van der Waals surface area contributed by atoms with Gasteiger partial charge in [0.15, 0.2) is 0 Å². The Morgan fingerprint density at radius 3 is 0.667 bits per heavy atom. The van der Waals surface area contributed by atoms with Crippen molar-refractivity contribution in [2.24, 2.45) is 0 Å². The molecule has 69 valence electrons. The molecule has 12 heteroatoms. The molecule has 0 saturated heterocycles. The summed E-state index contributed by atoms with van der Waals surface area (Å²) in [6, 6.07) is 0. The Hall–Kier alpha value is 1.80. The Morgan fingerprint density at radius 2 is 0.667 bits per heavy atom. The van der Waals surface area contributed by atoms with Gasteiger partial charge < -0.3 is 38.5 Å². The second kappa shape index (κ2) is 9.36. The van der Waals surface area contributed by atoms with Gasteiger partial charge in [0.1, 0.15) is 0 Å². The molecule has 0 unspecified atom stereocenters. The van der Waals surface area contributed by atoms with Crippen LogP contribution in [0.15, 0.2) is 0 Å². The minimum Gasteiger partial charge on any atom is -0.822 e. The standard InChI is InChI=1S/Na.2H3O4P.V/c;2*1-5(2,3)4;/h;2*(H3,1,2,3,4);/q+1;;;/p-6. The summed E-state index contributed by atoms with van der Waals surface area (Å²) >= 11 is 0. The molecule has 0 spiro atoms. The van der Waals surface area contributed by atoms with Gasteiger partial charge in [-0.25, -0.2) is 0 Å². The summed E-state index contributed by atoms with van der Waals surface area (Å²) in [4.78, 5) is 51.3. The normalized spacial score (nSPS) is 9.83. The van der Waals surface area contributed by atoms with Crippen molar-refractivity contribution >= 4 is 15.6 Å². The fourth-order valence-electron chi connectivity index (χ4n) is 0. The molecule has 0 aromatic rings. The average Bonchev–Trinajstić information content (AvgIpc) is 1.12. The van der Waals surface area contributed by atoms with Crippen LogP contribution in [0.1, 0.15) is 0 Å². The average molecular weight is 264 g/mol. The minimum absolute atomic E-state index is 0. The van der Waals surface area contributed by atoms with Crippen molar-refractivity contribution in [1.82, 2.24) is 0 Å². The molecular formula is NaO8P2V-5. The van der Waals surface area contributed by atoms with Crippen molar-refractivity contribution in [1.29, 1.82) is 0 Å². The van der Waals surface area contributed by atoms with E-state index < -0.39 is 15.6 Å². The monoisotopic (exact) mass is 264 g/mol. The zero-order valence-electron chi connectivity index (χ0n) is 5.61. The summed E-state index contributed by atoms with van der Waals surface area (Å²) in [7, 11) is -10.8. The van der Waals surface area contributed by atoms with Gasteiger partial charge in [0.05, 0.1) is 0 Å². The molecule has 0 bridgehead atoms. The van der Waals surface area contributed by atoms with E-state index in [0.29, 0.717) is 0 Å². The number of rotatable bonds is 0. The van der Waals surface area contributed by atoms with Crippen LogP contribution in [0.4, 0.5) is 0 Å². The third-order valence-corrected chi connectivity index (χ3v) is 0. The Balaban J connectivity index is -0.0000000457. The third kappa shape index (κ3) is 423. The summed E-state index contributed by atoms with van der Waals surface area (Å²) < 4.78 is 17.1. The molecule has 8 nitrogen and oxygen atoms in total. The maximum Gasteiger partial charge on any atom is 1.00 e. The van der Waals surface area contributed by atoms with Gasteiger partial charge in [0.2, 0.25) is 0 Å². The van der Waals surface area contributed by atoms with E-state index in [-0.39, 0.29) is 48.1 Å². The van der Waals surface area contributed by atoms with Crippen molar-refractivity contribution in [2.45, 2.75) is 0 Å². The zero-order valence-corrected chi connectivity index (χ0v) is 10.8. The van der Waals surface area contributed by atoms with Crippen LogP contribution in [0, 0.1) is 0 Å². The van der Waals surface area contributed by atoms with Crippen LogP contribution >= 0.6 is 15.6 Å². The van der Waals surface area contributed by atoms with E-state index in [4.69, 9.17) is 38.5 Å². The molecule has 0 aliphatic heterocycles. The SMILES string of the molecule is O=P([O-])([O-])[O-].O=P([O-])([O-])[O-].[Na+].[V]. The molecule has 1 radical (unpaired) electrons. The minimum atomic E-state index is -5.39. The van der Waals surface area contributed by atoms with Gasteiger partial charge in [-0.15, -0.1) is 0 Å². The van der Waals surface area contributed by atoms with Gasteiger partial charge in [0.25, 0.3) is 0 Å². The van der Waals surface area contributed by atoms with E-state index in [1.165, 1.54) is 0 Å². The zero-order chi connectivity index (χ0) is 9.00. The van der Waals surface area contributed by atoms with Gasteiger partial charge in [-0.3, -0.25) is 0 Å². The van der Waals surface area contributed by atoms with Gasteiger partial charge in [-0.1, -0.05) is 0 Å². The molecule has 0 aromatic heterocycles. The van der Waals surface area contributed by atoms with E-state index in [0.717, 1.165) is 0 Å². The molecule has 0 aliphatic carbocycles. The molecule has 0 heterocycles. The van der Waals surface area contributed by atoms with Crippen LogP contribution in [0.25, 0.3) is 0 Å². The van der Waals surface area contributed by atoms with E-state index in [1.54, 1.807) is 0 Å². The Labute approximate surface area is 102 Å². The quantitative estimate of drug-likeness (QED) is 0.306. The summed E-state index contributed by atoms with van der Waals surface area (Å²) in [6.45, 7) is 0. The second-order valence-corrected chi connectivity index (χ2v) is 2.68. The maximum atomic E-state index is 8.55. The van der Waals surface area contributed by atoms with Crippen molar-refractivity contribution in [3.8, 4) is 0 Å². The van der Waals surface area contributed by atoms with Crippen molar-refractivity contribution < 1.29 is 86.6 Å². The fourth-order valence-corrected chi connectivity index (χ4v) is 0. The molecule has 0 saturated carbocycles. The molecule has 0 aliphatic rings. The van der Waals surface area contributed by atoms with Crippen LogP contribution in [-0.4, -0.2) is 0 Å². The van der Waals surface area contributed by atoms with Gasteiger partial charge in [-0.2, -0.15) is 15.6 Å². The first kappa shape index (κ1) is 23.5. The summed E-state index contributed by atoms with van der Waals surface area (Å²) in [6.07, 6.45) is 0. The largest absolute Gasteiger partial charge is 1.00 e. The number of hydrogen-bond donors (Lipinski definition) is 0. The predicted octanol–water partition coefficient (Wildman–Crippen LogP) is -8.65. The topological polar surface area (TPSA) is 172 Å². The van der Waals surface area contributed by atoms with Gasteiger partial charge in [0, 0.05) is 18.6 Å². The molecular weight excluding hydrogens is 264 g/mol. The van der Waals surface area contributed by atoms with Crippen LogP contribution in [0.3, 0.4) is 0 Å². The summed E-state index contributed by atoms with van der Waals surface area (Å²) in [5, 5.41) is 0. The van der Waals surface area contributed by atoms with E-state index in [9.17, 15) is 0 Å². The molecule has 0 N–H and O–H groups in total. The van der Waals surface area contributed by atoms with Crippen molar-refractivity contribution in [2.75, 3.05) is 0 Å². The molecule has 0 aromatic carbocycles. The Morgan fingerprint density at radius 1 is 0.667 bits per heavy atom. The van der Waals surface area contributed by atoms with Crippen LogP contribution in [0.2, 0.25) is 0 Å². The van der Waals surface area contributed by atoms with Crippen LogP contribution in [-0.2, 0) is 27.7 Å². The van der Waals surface area contributed by atoms with Crippen molar-refractivity contribution in [3.63, 3.8) is 0 Å². The molecule has 0 fully saturated rings. The predicted molar refractivity (Wildman–Crippen MR) is 15.2 cm³/mol. The smallest absolute Gasteiger partial charge is 0.822 e. The Bertz CT molecular complexity index is 129. The molecule has 0 atom stereocenters. The summed E-state index contributed by atoms with van der Waals surface area (Å²) in [5.74, 6) is 0. The van der Waals surface area contributed by atoms with E-state index >= 15 is 0 Å². The van der Waals surface area contributed by atoms with Gasteiger partial charge >= 0.3 is 29.6 Å².